The van der Waals surface area contributed by atoms with Crippen molar-refractivity contribution in [3.8, 4) is 0 Å². The standard InChI is InChI=1S/C14H18ClF2N/c15-10-14(6-2-1-3-7-14)18-9-11-4-5-12(16)13(17)8-11/h4-5,8,18H,1-3,6-7,9-10H2. The number of halogens is 3. The van der Waals surface area contributed by atoms with Gasteiger partial charge in [-0.25, -0.2) is 8.78 Å². The zero-order chi connectivity index (χ0) is 13.0. The van der Waals surface area contributed by atoms with Crippen LogP contribution in [0.2, 0.25) is 0 Å². The molecule has 0 amide bonds. The third-order valence-electron chi connectivity index (χ3n) is 3.72. The molecule has 0 bridgehead atoms. The maximum atomic E-state index is 13.1. The molecule has 2 rings (SSSR count). The van der Waals surface area contributed by atoms with E-state index in [4.69, 9.17) is 11.6 Å². The van der Waals surface area contributed by atoms with Crippen LogP contribution in [0.4, 0.5) is 8.78 Å². The first-order valence-corrected chi connectivity index (χ1v) is 6.94. The molecule has 1 fully saturated rings. The summed E-state index contributed by atoms with van der Waals surface area (Å²) in [6.45, 7) is 0.532. The lowest BCUT2D eigenvalue weighted by Crippen LogP contribution is -2.48. The normalized spacial score (nSPS) is 18.8. The molecule has 0 saturated heterocycles. The van der Waals surface area contributed by atoms with E-state index in [1.165, 1.54) is 31.4 Å². The summed E-state index contributed by atoms with van der Waals surface area (Å²) in [5.74, 6) is -1.03. The molecule has 0 aromatic heterocycles. The quantitative estimate of drug-likeness (QED) is 0.818. The number of rotatable bonds is 4. The van der Waals surface area contributed by atoms with E-state index in [1.807, 2.05) is 0 Å². The van der Waals surface area contributed by atoms with Crippen molar-refractivity contribution < 1.29 is 8.78 Å². The molecule has 4 heteroatoms. The summed E-state index contributed by atoms with van der Waals surface area (Å²) >= 11 is 6.06. The minimum atomic E-state index is -0.802. The van der Waals surface area contributed by atoms with E-state index in [0.29, 0.717) is 12.4 Å². The van der Waals surface area contributed by atoms with Crippen LogP contribution in [0.25, 0.3) is 0 Å². The fraction of sp³-hybridized carbons (Fsp3) is 0.571. The number of benzene rings is 1. The summed E-state index contributed by atoms with van der Waals surface area (Å²) in [6.07, 6.45) is 5.72. The summed E-state index contributed by atoms with van der Waals surface area (Å²) in [7, 11) is 0. The van der Waals surface area contributed by atoms with Gasteiger partial charge >= 0.3 is 0 Å². The van der Waals surface area contributed by atoms with Crippen molar-refractivity contribution in [2.75, 3.05) is 5.88 Å². The highest BCUT2D eigenvalue weighted by atomic mass is 35.5. The Morgan fingerprint density at radius 3 is 2.44 bits per heavy atom. The van der Waals surface area contributed by atoms with Crippen LogP contribution in [-0.2, 0) is 6.54 Å². The van der Waals surface area contributed by atoms with E-state index in [0.717, 1.165) is 18.4 Å². The van der Waals surface area contributed by atoms with E-state index in [-0.39, 0.29) is 5.54 Å². The minimum absolute atomic E-state index is 0.0370. The zero-order valence-electron chi connectivity index (χ0n) is 10.3. The highest BCUT2D eigenvalue weighted by Crippen LogP contribution is 2.29. The molecular weight excluding hydrogens is 256 g/mol. The van der Waals surface area contributed by atoms with Crippen molar-refractivity contribution in [3.05, 3.63) is 35.4 Å². The first-order valence-electron chi connectivity index (χ1n) is 6.40. The van der Waals surface area contributed by atoms with Gasteiger partial charge < -0.3 is 5.32 Å². The fourth-order valence-corrected chi connectivity index (χ4v) is 2.89. The van der Waals surface area contributed by atoms with Crippen LogP contribution in [-0.4, -0.2) is 11.4 Å². The molecule has 1 aromatic carbocycles. The largest absolute Gasteiger partial charge is 0.306 e. The van der Waals surface area contributed by atoms with Gasteiger partial charge in [0.15, 0.2) is 11.6 Å². The Labute approximate surface area is 112 Å². The van der Waals surface area contributed by atoms with Crippen LogP contribution in [0.1, 0.15) is 37.7 Å². The van der Waals surface area contributed by atoms with Gasteiger partial charge in [-0.1, -0.05) is 25.3 Å². The first-order chi connectivity index (χ1) is 8.65. The highest BCUT2D eigenvalue weighted by Gasteiger charge is 2.30. The van der Waals surface area contributed by atoms with E-state index in [9.17, 15) is 8.78 Å². The molecule has 18 heavy (non-hydrogen) atoms. The molecule has 1 aromatic rings. The van der Waals surface area contributed by atoms with E-state index in [2.05, 4.69) is 5.32 Å². The Bertz CT molecular complexity index is 403. The monoisotopic (exact) mass is 273 g/mol. The summed E-state index contributed by atoms with van der Waals surface area (Å²) in [4.78, 5) is 0. The maximum absolute atomic E-state index is 13.1. The van der Waals surface area contributed by atoms with Gasteiger partial charge in [-0.3, -0.25) is 0 Å². The molecule has 0 radical (unpaired) electrons. The van der Waals surface area contributed by atoms with E-state index < -0.39 is 11.6 Å². The van der Waals surface area contributed by atoms with Crippen molar-refractivity contribution in [3.63, 3.8) is 0 Å². The van der Waals surface area contributed by atoms with Crippen molar-refractivity contribution in [2.24, 2.45) is 0 Å². The summed E-state index contributed by atoms with van der Waals surface area (Å²) in [6, 6.07) is 4.02. The van der Waals surface area contributed by atoms with Gasteiger partial charge in [-0.2, -0.15) is 0 Å². The molecule has 1 nitrogen and oxygen atoms in total. The Balaban J connectivity index is 1.98. The predicted octanol–water partition coefficient (Wildman–Crippen LogP) is 4.00. The summed E-state index contributed by atoms with van der Waals surface area (Å²) < 4.78 is 25.9. The second-order valence-corrected chi connectivity index (χ2v) is 5.34. The highest BCUT2D eigenvalue weighted by molar-refractivity contribution is 6.18. The molecule has 0 aliphatic heterocycles. The molecule has 0 atom stereocenters. The molecule has 0 unspecified atom stereocenters. The second kappa shape index (κ2) is 5.98. The molecule has 1 N–H and O–H groups in total. The van der Waals surface area contributed by atoms with Gasteiger partial charge in [0, 0.05) is 18.0 Å². The average Bonchev–Trinajstić information content (AvgIpc) is 2.41. The average molecular weight is 274 g/mol. The molecule has 100 valence electrons. The minimum Gasteiger partial charge on any atom is -0.306 e. The Kier molecular flexibility index (Phi) is 4.57. The van der Waals surface area contributed by atoms with E-state index in [1.54, 1.807) is 6.07 Å². The lowest BCUT2D eigenvalue weighted by Gasteiger charge is -2.36. The van der Waals surface area contributed by atoms with Crippen molar-refractivity contribution >= 4 is 11.6 Å². The lowest BCUT2D eigenvalue weighted by atomic mass is 9.83. The van der Waals surface area contributed by atoms with Crippen molar-refractivity contribution in [1.82, 2.24) is 5.32 Å². The molecular formula is C14H18ClF2N. The van der Waals surface area contributed by atoms with Gasteiger partial charge in [0.2, 0.25) is 0 Å². The molecule has 0 spiro atoms. The van der Waals surface area contributed by atoms with Gasteiger partial charge in [-0.15, -0.1) is 11.6 Å². The molecule has 1 aliphatic rings. The topological polar surface area (TPSA) is 12.0 Å². The predicted molar refractivity (Wildman–Crippen MR) is 69.7 cm³/mol. The third-order valence-corrected chi connectivity index (χ3v) is 4.23. The van der Waals surface area contributed by atoms with Crippen LogP contribution in [0.3, 0.4) is 0 Å². The lowest BCUT2D eigenvalue weighted by molar-refractivity contribution is 0.256. The van der Waals surface area contributed by atoms with Crippen LogP contribution in [0.15, 0.2) is 18.2 Å². The Morgan fingerprint density at radius 1 is 1.11 bits per heavy atom. The maximum Gasteiger partial charge on any atom is 0.159 e. The summed E-state index contributed by atoms with van der Waals surface area (Å²) in [5, 5.41) is 3.43. The SMILES string of the molecule is Fc1ccc(CNC2(CCl)CCCCC2)cc1F. The van der Waals surface area contributed by atoms with Gasteiger partial charge in [-0.05, 0) is 30.5 Å². The zero-order valence-corrected chi connectivity index (χ0v) is 11.1. The number of hydrogen-bond donors (Lipinski definition) is 1. The van der Waals surface area contributed by atoms with Gasteiger partial charge in [0.25, 0.3) is 0 Å². The van der Waals surface area contributed by atoms with Gasteiger partial charge in [0.1, 0.15) is 0 Å². The summed E-state index contributed by atoms with van der Waals surface area (Å²) in [5.41, 5.74) is 0.717. The molecule has 0 heterocycles. The first kappa shape index (κ1) is 13.8. The third kappa shape index (κ3) is 3.21. The van der Waals surface area contributed by atoms with Crippen molar-refractivity contribution in [1.29, 1.82) is 0 Å². The number of nitrogens with one attached hydrogen (secondary N) is 1. The van der Waals surface area contributed by atoms with E-state index >= 15 is 0 Å². The second-order valence-electron chi connectivity index (χ2n) is 5.08. The van der Waals surface area contributed by atoms with Crippen LogP contribution in [0.5, 0.6) is 0 Å². The van der Waals surface area contributed by atoms with Gasteiger partial charge in [0.05, 0.1) is 0 Å². The number of alkyl halides is 1. The van der Waals surface area contributed by atoms with Crippen LogP contribution in [0, 0.1) is 11.6 Å². The van der Waals surface area contributed by atoms with Crippen LogP contribution >= 0.6 is 11.6 Å². The molecule has 1 saturated carbocycles. The van der Waals surface area contributed by atoms with Crippen molar-refractivity contribution in [2.45, 2.75) is 44.2 Å². The molecule has 1 aliphatic carbocycles. The fourth-order valence-electron chi connectivity index (χ4n) is 2.53. The van der Waals surface area contributed by atoms with Crippen LogP contribution < -0.4 is 5.32 Å². The Hall–Kier alpha value is -0.670. The smallest absolute Gasteiger partial charge is 0.159 e. The number of hydrogen-bond acceptors (Lipinski definition) is 1. The Morgan fingerprint density at radius 2 is 1.83 bits per heavy atom.